The fourth-order valence-electron chi connectivity index (χ4n) is 5.11. The van der Waals surface area contributed by atoms with E-state index in [2.05, 4.69) is 14.9 Å². The molecular weight excluding hydrogens is 489 g/mol. The highest BCUT2D eigenvalue weighted by atomic mass is 19.1. The summed E-state index contributed by atoms with van der Waals surface area (Å²) in [6.07, 6.45) is 4.52. The third-order valence-electron chi connectivity index (χ3n) is 7.10. The molecule has 0 saturated carbocycles. The smallest absolute Gasteiger partial charge is 0.410 e. The quantitative estimate of drug-likeness (QED) is 0.515. The van der Waals surface area contributed by atoms with Gasteiger partial charge >= 0.3 is 6.09 Å². The lowest BCUT2D eigenvalue weighted by molar-refractivity contribution is 0.00586. The molecule has 9 nitrogen and oxygen atoms in total. The molecule has 2 saturated heterocycles. The van der Waals surface area contributed by atoms with Gasteiger partial charge in [-0.25, -0.2) is 19.2 Å². The SMILES string of the molecule is CCN(C(=O)c1cc(F)ccc1Oc1cncnc1N1CC2(CCN(C(=O)OC(C)(C)C)CC2)C1)C(C)C. The monoisotopic (exact) mass is 527 g/mol. The van der Waals surface area contributed by atoms with E-state index >= 15 is 0 Å². The van der Waals surface area contributed by atoms with Crippen LogP contribution >= 0.6 is 0 Å². The first-order chi connectivity index (χ1) is 17.9. The summed E-state index contributed by atoms with van der Waals surface area (Å²) >= 11 is 0. The summed E-state index contributed by atoms with van der Waals surface area (Å²) in [4.78, 5) is 39.8. The van der Waals surface area contributed by atoms with Crippen LogP contribution in [0.2, 0.25) is 0 Å². The van der Waals surface area contributed by atoms with E-state index < -0.39 is 11.4 Å². The molecular formula is C28H38FN5O4. The van der Waals surface area contributed by atoms with Gasteiger partial charge in [0.1, 0.15) is 23.5 Å². The number of rotatable bonds is 6. The summed E-state index contributed by atoms with van der Waals surface area (Å²) in [5.74, 6) is 0.482. The molecule has 38 heavy (non-hydrogen) atoms. The first-order valence-corrected chi connectivity index (χ1v) is 13.2. The summed E-state index contributed by atoms with van der Waals surface area (Å²) < 4.78 is 25.8. The van der Waals surface area contributed by atoms with E-state index in [0.717, 1.165) is 25.9 Å². The maximum absolute atomic E-state index is 14.2. The number of halogens is 1. The number of hydrogen-bond acceptors (Lipinski definition) is 7. The maximum atomic E-state index is 14.2. The number of benzene rings is 1. The molecule has 1 aromatic heterocycles. The Morgan fingerprint density at radius 1 is 1.16 bits per heavy atom. The van der Waals surface area contributed by atoms with Crippen LogP contribution in [-0.2, 0) is 4.74 Å². The number of aromatic nitrogens is 2. The van der Waals surface area contributed by atoms with Crippen LogP contribution in [0.25, 0.3) is 0 Å². The normalized spacial score (nSPS) is 16.8. The molecule has 2 fully saturated rings. The molecule has 206 valence electrons. The number of anilines is 1. The van der Waals surface area contributed by atoms with Crippen LogP contribution in [0.3, 0.4) is 0 Å². The Kier molecular flexibility index (Phi) is 7.80. The summed E-state index contributed by atoms with van der Waals surface area (Å²) in [6, 6.07) is 3.91. The zero-order valence-electron chi connectivity index (χ0n) is 23.2. The lowest BCUT2D eigenvalue weighted by Gasteiger charge is -2.54. The van der Waals surface area contributed by atoms with E-state index in [0.29, 0.717) is 31.2 Å². The molecule has 0 unspecified atom stereocenters. The van der Waals surface area contributed by atoms with Crippen molar-refractivity contribution in [2.24, 2.45) is 5.41 Å². The summed E-state index contributed by atoms with van der Waals surface area (Å²) in [7, 11) is 0. The fourth-order valence-corrected chi connectivity index (χ4v) is 5.11. The molecule has 0 aliphatic carbocycles. The van der Waals surface area contributed by atoms with Crippen molar-refractivity contribution in [3.63, 3.8) is 0 Å². The van der Waals surface area contributed by atoms with E-state index in [4.69, 9.17) is 9.47 Å². The molecule has 2 amide bonds. The second-order valence-corrected chi connectivity index (χ2v) is 11.5. The van der Waals surface area contributed by atoms with Gasteiger partial charge in [0.15, 0.2) is 11.6 Å². The molecule has 0 atom stereocenters. The van der Waals surface area contributed by atoms with Crippen LogP contribution in [-0.4, -0.2) is 76.1 Å². The number of ether oxygens (including phenoxy) is 2. The van der Waals surface area contributed by atoms with E-state index in [1.165, 1.54) is 24.5 Å². The van der Waals surface area contributed by atoms with Crippen molar-refractivity contribution in [2.75, 3.05) is 37.6 Å². The number of likely N-dealkylation sites (tertiary alicyclic amines) is 1. The predicted octanol–water partition coefficient (Wildman–Crippen LogP) is 5.12. The van der Waals surface area contributed by atoms with Crippen molar-refractivity contribution in [3.8, 4) is 11.5 Å². The fraction of sp³-hybridized carbons (Fsp3) is 0.571. The largest absolute Gasteiger partial charge is 0.451 e. The highest BCUT2D eigenvalue weighted by Gasteiger charge is 2.47. The lowest BCUT2D eigenvalue weighted by Crippen LogP contribution is -2.61. The number of carbonyl (C=O) groups excluding carboxylic acids is 2. The minimum Gasteiger partial charge on any atom is -0.451 e. The first kappa shape index (κ1) is 27.6. The standard InChI is InChI=1S/C28H38FN5O4/c1-7-34(19(2)3)25(35)21-14-20(29)8-9-22(21)37-23-15-30-18-31-24(23)33-16-28(17-33)10-12-32(13-11-28)26(36)38-27(4,5)6/h8-9,14-15,18-19H,7,10-13,16-17H2,1-6H3. The molecule has 2 aliphatic heterocycles. The summed E-state index contributed by atoms with van der Waals surface area (Å²) in [5.41, 5.74) is -0.261. The van der Waals surface area contributed by atoms with Crippen LogP contribution in [0, 0.1) is 11.2 Å². The Bertz CT molecular complexity index is 1170. The van der Waals surface area contributed by atoms with Crippen molar-refractivity contribution >= 4 is 17.8 Å². The first-order valence-electron chi connectivity index (χ1n) is 13.2. The molecule has 4 rings (SSSR count). The number of nitrogens with zero attached hydrogens (tertiary/aromatic N) is 5. The van der Waals surface area contributed by atoms with Gasteiger partial charge in [-0.2, -0.15) is 0 Å². The van der Waals surface area contributed by atoms with Crippen molar-refractivity contribution in [1.29, 1.82) is 0 Å². The van der Waals surface area contributed by atoms with E-state index in [1.807, 2.05) is 41.5 Å². The summed E-state index contributed by atoms with van der Waals surface area (Å²) in [6.45, 7) is 14.7. The van der Waals surface area contributed by atoms with Gasteiger partial charge in [0.05, 0.1) is 11.8 Å². The van der Waals surface area contributed by atoms with Crippen LogP contribution < -0.4 is 9.64 Å². The molecule has 0 bridgehead atoms. The van der Waals surface area contributed by atoms with Gasteiger partial charge in [-0.05, 0) is 72.6 Å². The van der Waals surface area contributed by atoms with Crippen LogP contribution in [0.15, 0.2) is 30.7 Å². The predicted molar refractivity (Wildman–Crippen MR) is 142 cm³/mol. The van der Waals surface area contributed by atoms with E-state index in [9.17, 15) is 14.0 Å². The van der Waals surface area contributed by atoms with Crippen LogP contribution in [0.1, 0.15) is 64.7 Å². The molecule has 3 heterocycles. The maximum Gasteiger partial charge on any atom is 0.410 e. The van der Waals surface area contributed by atoms with Gasteiger partial charge in [0, 0.05) is 44.2 Å². The van der Waals surface area contributed by atoms with Gasteiger partial charge in [-0.15, -0.1) is 0 Å². The molecule has 2 aromatic rings. The van der Waals surface area contributed by atoms with Crippen LogP contribution in [0.5, 0.6) is 11.5 Å². The Hall–Kier alpha value is -3.43. The van der Waals surface area contributed by atoms with Gasteiger partial charge < -0.3 is 24.2 Å². The van der Waals surface area contributed by atoms with Gasteiger partial charge in [-0.3, -0.25) is 4.79 Å². The highest BCUT2D eigenvalue weighted by Crippen LogP contribution is 2.45. The molecule has 0 radical (unpaired) electrons. The molecule has 0 N–H and O–H groups in total. The zero-order valence-corrected chi connectivity index (χ0v) is 23.2. The number of amides is 2. The average Bonchev–Trinajstić information content (AvgIpc) is 2.83. The summed E-state index contributed by atoms with van der Waals surface area (Å²) in [5, 5.41) is 0. The Morgan fingerprint density at radius 2 is 1.84 bits per heavy atom. The minimum absolute atomic E-state index is 0.0433. The van der Waals surface area contributed by atoms with E-state index in [1.54, 1.807) is 16.0 Å². The van der Waals surface area contributed by atoms with Gasteiger partial charge in [-0.1, -0.05) is 0 Å². The van der Waals surface area contributed by atoms with Gasteiger partial charge in [0.25, 0.3) is 5.91 Å². The topological polar surface area (TPSA) is 88.1 Å². The van der Waals surface area contributed by atoms with Gasteiger partial charge in [0.2, 0.25) is 0 Å². The number of hydrogen-bond donors (Lipinski definition) is 0. The molecule has 2 aliphatic rings. The third kappa shape index (κ3) is 6.00. The Balaban J connectivity index is 1.46. The minimum atomic E-state index is -0.512. The van der Waals surface area contributed by atoms with Crippen molar-refractivity contribution in [2.45, 2.75) is 66.0 Å². The lowest BCUT2D eigenvalue weighted by atomic mass is 9.72. The second-order valence-electron chi connectivity index (χ2n) is 11.5. The van der Waals surface area contributed by atoms with Crippen molar-refractivity contribution in [3.05, 3.63) is 42.1 Å². The molecule has 1 spiro atoms. The van der Waals surface area contributed by atoms with Crippen molar-refractivity contribution in [1.82, 2.24) is 19.8 Å². The third-order valence-corrected chi connectivity index (χ3v) is 7.10. The zero-order chi connectivity index (χ0) is 27.7. The molecule has 1 aromatic carbocycles. The highest BCUT2D eigenvalue weighted by molar-refractivity contribution is 5.97. The van der Waals surface area contributed by atoms with Crippen molar-refractivity contribution < 1.29 is 23.5 Å². The second kappa shape index (κ2) is 10.7. The van der Waals surface area contributed by atoms with Crippen LogP contribution in [0.4, 0.5) is 15.0 Å². The Labute approximate surface area is 223 Å². The average molecular weight is 528 g/mol. The number of carbonyl (C=O) groups is 2. The number of piperidine rings is 1. The molecule has 10 heteroatoms. The Morgan fingerprint density at radius 3 is 2.45 bits per heavy atom. The van der Waals surface area contributed by atoms with E-state index in [-0.39, 0.29) is 34.8 Å².